The van der Waals surface area contributed by atoms with Crippen LogP contribution in [-0.2, 0) is 15.0 Å². The number of amides is 2. The predicted molar refractivity (Wildman–Crippen MR) is 138 cm³/mol. The first kappa shape index (κ1) is 24.6. The average molecular weight is 509 g/mol. The van der Waals surface area contributed by atoms with Crippen LogP contribution >= 0.6 is 11.6 Å². The minimum absolute atomic E-state index is 0.0948. The van der Waals surface area contributed by atoms with Crippen molar-refractivity contribution in [2.24, 2.45) is 10.9 Å². The van der Waals surface area contributed by atoms with Gasteiger partial charge in [0.1, 0.15) is 11.7 Å². The summed E-state index contributed by atoms with van der Waals surface area (Å²) in [6, 6.07) is 7.98. The Morgan fingerprint density at radius 2 is 1.92 bits per heavy atom. The number of rotatable bonds is 3. The molecule has 3 atom stereocenters. The molecule has 8 heteroatoms. The molecule has 2 amide bonds. The zero-order chi connectivity index (χ0) is 25.8. The molecule has 0 N–H and O–H groups in total. The Hall–Kier alpha value is -3.06. The Kier molecular flexibility index (Phi) is 6.23. The number of halogens is 2. The van der Waals surface area contributed by atoms with Crippen LogP contribution in [0.3, 0.4) is 0 Å². The molecule has 1 saturated heterocycles. The number of aromatic nitrogens is 1. The van der Waals surface area contributed by atoms with E-state index in [1.807, 2.05) is 20.8 Å². The lowest BCUT2D eigenvalue weighted by molar-refractivity contribution is -0.131. The highest BCUT2D eigenvalue weighted by Crippen LogP contribution is 2.48. The number of hydrogen-bond donors (Lipinski definition) is 0. The van der Waals surface area contributed by atoms with E-state index in [9.17, 15) is 14.0 Å². The van der Waals surface area contributed by atoms with Crippen molar-refractivity contribution in [2.45, 2.75) is 57.5 Å². The smallest absolute Gasteiger partial charge is 0.259 e. The van der Waals surface area contributed by atoms with Gasteiger partial charge in [-0.1, -0.05) is 36.7 Å². The molecule has 1 aliphatic carbocycles. The van der Waals surface area contributed by atoms with E-state index in [0.29, 0.717) is 46.5 Å². The van der Waals surface area contributed by atoms with Crippen LogP contribution in [0, 0.1) is 11.7 Å². The normalized spacial score (nSPS) is 26.2. The molecule has 0 radical (unpaired) electrons. The molecule has 188 valence electrons. The lowest BCUT2D eigenvalue weighted by Crippen LogP contribution is -2.60. The van der Waals surface area contributed by atoms with Crippen LogP contribution in [0.25, 0.3) is 11.3 Å². The van der Waals surface area contributed by atoms with Gasteiger partial charge in [0.15, 0.2) is 0 Å². The quantitative estimate of drug-likeness (QED) is 0.548. The van der Waals surface area contributed by atoms with Crippen LogP contribution in [0.15, 0.2) is 48.0 Å². The van der Waals surface area contributed by atoms with Gasteiger partial charge in [0.25, 0.3) is 5.91 Å². The fourth-order valence-electron chi connectivity index (χ4n) is 5.69. The summed E-state index contributed by atoms with van der Waals surface area (Å²) in [6.45, 7) is 10.5. The molecule has 1 unspecified atom stereocenters. The van der Waals surface area contributed by atoms with Gasteiger partial charge in [-0.15, -0.1) is 0 Å². The summed E-state index contributed by atoms with van der Waals surface area (Å²) in [5, 5.41) is 0.304. The van der Waals surface area contributed by atoms with Crippen LogP contribution in [-0.4, -0.2) is 57.6 Å². The molecule has 1 saturated carbocycles. The fourth-order valence-corrected chi connectivity index (χ4v) is 5.94. The van der Waals surface area contributed by atoms with Crippen LogP contribution in [0.5, 0.6) is 0 Å². The standard InChI is InChI=1S/C28H30ClFN4O2/c1-5-23(35)33-14-17(3)34(15-16(33)2)26-20-13-21(29)24(19-11-6-7-12-22(19)30)31-25(20)28(4,27(36)32-26)18-9-8-10-18/h5-7,11-13,16-18H,1,8-10,14-15H2,2-4H3/t16-,17+,28?/m1/s1. The molecular weight excluding hydrogens is 479 g/mol. The topological polar surface area (TPSA) is 65.9 Å². The third-order valence-electron chi connectivity index (χ3n) is 8.13. The van der Waals surface area contributed by atoms with Crippen molar-refractivity contribution >= 4 is 29.3 Å². The summed E-state index contributed by atoms with van der Waals surface area (Å²) in [6.07, 6.45) is 4.22. The van der Waals surface area contributed by atoms with Crippen molar-refractivity contribution < 1.29 is 14.0 Å². The number of pyridine rings is 1. The number of aliphatic imine (C=N–C) groups is 1. The Labute approximate surface area is 215 Å². The molecule has 36 heavy (non-hydrogen) atoms. The van der Waals surface area contributed by atoms with Crippen molar-refractivity contribution in [3.05, 3.63) is 65.1 Å². The molecule has 3 aliphatic rings. The summed E-state index contributed by atoms with van der Waals surface area (Å²) in [4.78, 5) is 39.5. The van der Waals surface area contributed by atoms with Crippen molar-refractivity contribution in [2.75, 3.05) is 13.1 Å². The largest absolute Gasteiger partial charge is 0.349 e. The Morgan fingerprint density at radius 1 is 1.19 bits per heavy atom. The number of amidine groups is 1. The molecule has 2 fully saturated rings. The van der Waals surface area contributed by atoms with Gasteiger partial charge in [-0.2, -0.15) is 4.99 Å². The zero-order valence-corrected chi connectivity index (χ0v) is 21.6. The highest BCUT2D eigenvalue weighted by atomic mass is 35.5. The van der Waals surface area contributed by atoms with E-state index in [-0.39, 0.29) is 29.8 Å². The van der Waals surface area contributed by atoms with Crippen molar-refractivity contribution in [1.82, 2.24) is 14.8 Å². The highest BCUT2D eigenvalue weighted by Gasteiger charge is 2.52. The Bertz CT molecular complexity index is 1290. The summed E-state index contributed by atoms with van der Waals surface area (Å²) < 4.78 is 14.7. The molecule has 3 heterocycles. The Balaban J connectivity index is 1.64. The number of carbonyl (C=O) groups excluding carboxylic acids is 2. The number of nitrogens with zero attached hydrogens (tertiary/aromatic N) is 4. The summed E-state index contributed by atoms with van der Waals surface area (Å²) >= 11 is 6.73. The van der Waals surface area contributed by atoms with Gasteiger partial charge in [0, 0.05) is 36.3 Å². The first-order valence-electron chi connectivity index (χ1n) is 12.5. The summed E-state index contributed by atoms with van der Waals surface area (Å²) in [7, 11) is 0. The first-order valence-corrected chi connectivity index (χ1v) is 12.8. The summed E-state index contributed by atoms with van der Waals surface area (Å²) in [5.41, 5.74) is 1.04. The minimum atomic E-state index is -0.906. The van der Waals surface area contributed by atoms with E-state index >= 15 is 0 Å². The number of hydrogen-bond acceptors (Lipinski definition) is 4. The van der Waals surface area contributed by atoms with E-state index in [1.165, 1.54) is 12.1 Å². The van der Waals surface area contributed by atoms with Gasteiger partial charge in [-0.3, -0.25) is 9.59 Å². The average Bonchev–Trinajstić information content (AvgIpc) is 2.81. The maximum atomic E-state index is 14.7. The third-order valence-corrected chi connectivity index (χ3v) is 8.42. The lowest BCUT2D eigenvalue weighted by Gasteiger charge is -2.48. The number of piperazine rings is 1. The number of benzene rings is 1. The van der Waals surface area contributed by atoms with E-state index in [4.69, 9.17) is 16.6 Å². The predicted octanol–water partition coefficient (Wildman–Crippen LogP) is 4.99. The van der Waals surface area contributed by atoms with Crippen molar-refractivity contribution in [1.29, 1.82) is 0 Å². The van der Waals surface area contributed by atoms with Crippen molar-refractivity contribution in [3.63, 3.8) is 0 Å². The zero-order valence-electron chi connectivity index (χ0n) is 20.8. The maximum absolute atomic E-state index is 14.7. The van der Waals surface area contributed by atoms with Crippen LogP contribution in [0.2, 0.25) is 5.02 Å². The molecule has 1 aromatic heterocycles. The highest BCUT2D eigenvalue weighted by molar-refractivity contribution is 6.33. The Morgan fingerprint density at radius 3 is 2.56 bits per heavy atom. The lowest BCUT2D eigenvalue weighted by atomic mass is 9.62. The monoisotopic (exact) mass is 508 g/mol. The van der Waals surface area contributed by atoms with Crippen LogP contribution in [0.4, 0.5) is 4.39 Å². The molecule has 1 aromatic carbocycles. The molecule has 5 rings (SSSR count). The van der Waals surface area contributed by atoms with Gasteiger partial charge in [0.2, 0.25) is 5.91 Å². The van der Waals surface area contributed by atoms with Gasteiger partial charge >= 0.3 is 0 Å². The van der Waals surface area contributed by atoms with E-state index in [1.54, 1.807) is 29.2 Å². The SMILES string of the molecule is C=CC(=O)N1C[C@H](C)N(C2=NC(=O)C(C)(C3CCC3)c3nc(-c4ccccc4F)c(Cl)cc32)C[C@H]1C. The van der Waals surface area contributed by atoms with Gasteiger partial charge in [-0.25, -0.2) is 9.37 Å². The minimum Gasteiger partial charge on any atom is -0.349 e. The molecule has 2 aliphatic heterocycles. The number of fused-ring (bicyclic) bond motifs is 1. The van der Waals surface area contributed by atoms with Gasteiger partial charge in [-0.05, 0) is 63.8 Å². The van der Waals surface area contributed by atoms with Crippen LogP contribution < -0.4 is 0 Å². The van der Waals surface area contributed by atoms with Crippen molar-refractivity contribution in [3.8, 4) is 11.3 Å². The summed E-state index contributed by atoms with van der Waals surface area (Å²) in [5.74, 6) is -0.124. The fraction of sp³-hybridized carbons (Fsp3) is 0.429. The molecule has 2 aromatic rings. The molecule has 6 nitrogen and oxygen atoms in total. The van der Waals surface area contributed by atoms with Gasteiger partial charge in [0.05, 0.1) is 21.8 Å². The molecular formula is C28H30ClFN4O2. The third kappa shape index (κ3) is 3.76. The second-order valence-corrected chi connectivity index (χ2v) is 10.7. The van der Waals surface area contributed by atoms with Gasteiger partial charge < -0.3 is 9.80 Å². The second kappa shape index (κ2) is 9.11. The van der Waals surface area contributed by atoms with E-state index < -0.39 is 11.2 Å². The van der Waals surface area contributed by atoms with Crippen LogP contribution in [0.1, 0.15) is 51.3 Å². The first-order chi connectivity index (χ1) is 17.2. The second-order valence-electron chi connectivity index (χ2n) is 10.3. The molecule has 0 bridgehead atoms. The molecule has 0 spiro atoms. The van der Waals surface area contributed by atoms with E-state index in [0.717, 1.165) is 19.3 Å². The maximum Gasteiger partial charge on any atom is 0.259 e. The van der Waals surface area contributed by atoms with E-state index in [2.05, 4.69) is 16.5 Å². The number of carbonyl (C=O) groups is 2.